The molecule has 1 rings (SSSR count). The Morgan fingerprint density at radius 2 is 1.75 bits per heavy atom. The molecule has 1 aromatic carbocycles. The Morgan fingerprint density at radius 1 is 1.19 bits per heavy atom. The largest absolute Gasteiger partial charge is 0.456 e. The van der Waals surface area contributed by atoms with Crippen LogP contribution in [0.3, 0.4) is 0 Å². The predicted octanol–water partition coefficient (Wildman–Crippen LogP) is 3.43. The highest BCUT2D eigenvalue weighted by Crippen LogP contribution is 2.19. The highest BCUT2D eigenvalue weighted by atomic mass is 16.6. The molecule has 2 heteroatoms. The molecule has 0 aliphatic carbocycles. The van der Waals surface area contributed by atoms with Crippen molar-refractivity contribution in [2.24, 2.45) is 0 Å². The van der Waals surface area contributed by atoms with Crippen LogP contribution >= 0.6 is 0 Å². The van der Waals surface area contributed by atoms with Crippen LogP contribution in [-0.4, -0.2) is 11.6 Å². The van der Waals surface area contributed by atoms with E-state index in [-0.39, 0.29) is 5.97 Å². The second-order valence-electron chi connectivity index (χ2n) is 4.57. The molecule has 0 aliphatic heterocycles. The summed E-state index contributed by atoms with van der Waals surface area (Å²) in [5.41, 5.74) is 1.04. The second-order valence-corrected chi connectivity index (χ2v) is 4.57. The van der Waals surface area contributed by atoms with Crippen molar-refractivity contribution in [1.29, 1.82) is 0 Å². The van der Waals surface area contributed by atoms with Gasteiger partial charge in [-0.2, -0.15) is 0 Å². The van der Waals surface area contributed by atoms with E-state index in [0.717, 1.165) is 5.56 Å². The van der Waals surface area contributed by atoms with Gasteiger partial charge in [-0.1, -0.05) is 36.4 Å². The van der Waals surface area contributed by atoms with Crippen LogP contribution < -0.4 is 0 Å². The van der Waals surface area contributed by atoms with Gasteiger partial charge in [-0.05, 0) is 33.3 Å². The van der Waals surface area contributed by atoms with E-state index in [9.17, 15) is 4.79 Å². The minimum absolute atomic E-state index is 0.277. The summed E-state index contributed by atoms with van der Waals surface area (Å²) < 4.78 is 5.34. The minimum Gasteiger partial charge on any atom is -0.456 e. The molecule has 0 radical (unpaired) electrons. The number of carbonyl (C=O) groups is 1. The predicted molar refractivity (Wildman–Crippen MR) is 65.9 cm³/mol. The van der Waals surface area contributed by atoms with Gasteiger partial charge in [0.05, 0.1) is 5.57 Å². The number of ether oxygens (including phenoxy) is 1. The number of hydrogen-bond acceptors (Lipinski definition) is 2. The first-order valence-corrected chi connectivity index (χ1v) is 5.39. The van der Waals surface area contributed by atoms with Gasteiger partial charge in [-0.3, -0.25) is 0 Å². The SMILES string of the molecule is C/C=C(/C(=O)OC(C)(C)C)c1ccccc1. The fourth-order valence-corrected chi connectivity index (χ4v) is 1.35. The number of benzene rings is 1. The van der Waals surface area contributed by atoms with Crippen LogP contribution in [0.2, 0.25) is 0 Å². The lowest BCUT2D eigenvalue weighted by Crippen LogP contribution is -2.24. The Labute approximate surface area is 96.9 Å². The normalized spacial score (nSPS) is 12.4. The van der Waals surface area contributed by atoms with Crippen LogP contribution in [0.5, 0.6) is 0 Å². The highest BCUT2D eigenvalue weighted by molar-refractivity contribution is 6.16. The molecule has 0 spiro atoms. The third kappa shape index (κ3) is 3.54. The zero-order chi connectivity index (χ0) is 12.2. The van der Waals surface area contributed by atoms with Gasteiger partial charge in [0.25, 0.3) is 0 Å². The highest BCUT2D eigenvalue weighted by Gasteiger charge is 2.20. The maximum atomic E-state index is 11.9. The Morgan fingerprint density at radius 3 is 2.19 bits per heavy atom. The van der Waals surface area contributed by atoms with Crippen LogP contribution in [-0.2, 0) is 9.53 Å². The molecule has 0 amide bonds. The molecule has 0 atom stereocenters. The lowest BCUT2D eigenvalue weighted by molar-refractivity contribution is -0.147. The Bertz CT molecular complexity index is 383. The van der Waals surface area contributed by atoms with Crippen LogP contribution in [0.15, 0.2) is 36.4 Å². The summed E-state index contributed by atoms with van der Waals surface area (Å²) in [6.45, 7) is 7.43. The Hall–Kier alpha value is -1.57. The summed E-state index contributed by atoms with van der Waals surface area (Å²) in [6.07, 6.45) is 1.78. The molecule has 0 fully saturated rings. The van der Waals surface area contributed by atoms with E-state index in [1.807, 2.05) is 58.0 Å². The second kappa shape index (κ2) is 4.97. The number of carbonyl (C=O) groups excluding carboxylic acids is 1. The average molecular weight is 218 g/mol. The monoisotopic (exact) mass is 218 g/mol. The van der Waals surface area contributed by atoms with Crippen LogP contribution in [0, 0.1) is 0 Å². The number of esters is 1. The zero-order valence-corrected chi connectivity index (χ0v) is 10.3. The fraction of sp³-hybridized carbons (Fsp3) is 0.357. The first-order chi connectivity index (χ1) is 7.44. The first kappa shape index (κ1) is 12.5. The van der Waals surface area contributed by atoms with Gasteiger partial charge in [-0.25, -0.2) is 4.79 Å². The summed E-state index contributed by atoms with van der Waals surface area (Å²) in [5.74, 6) is -0.277. The van der Waals surface area contributed by atoms with E-state index in [1.165, 1.54) is 0 Å². The molecule has 0 aliphatic rings. The van der Waals surface area contributed by atoms with Crippen molar-refractivity contribution in [2.45, 2.75) is 33.3 Å². The van der Waals surface area contributed by atoms with Crippen molar-refractivity contribution in [3.05, 3.63) is 42.0 Å². The van der Waals surface area contributed by atoms with Crippen LogP contribution in [0.1, 0.15) is 33.3 Å². The lowest BCUT2D eigenvalue weighted by atomic mass is 10.1. The van der Waals surface area contributed by atoms with Crippen molar-refractivity contribution < 1.29 is 9.53 Å². The van der Waals surface area contributed by atoms with Gasteiger partial charge in [0.1, 0.15) is 5.60 Å². The van der Waals surface area contributed by atoms with E-state index < -0.39 is 5.60 Å². The van der Waals surface area contributed by atoms with Crippen molar-refractivity contribution in [3.8, 4) is 0 Å². The number of allylic oxidation sites excluding steroid dienone is 1. The molecular formula is C14H18O2. The molecule has 0 saturated heterocycles. The third-order valence-corrected chi connectivity index (χ3v) is 1.99. The van der Waals surface area contributed by atoms with Gasteiger partial charge in [0.15, 0.2) is 0 Å². The van der Waals surface area contributed by atoms with Gasteiger partial charge in [0, 0.05) is 0 Å². The molecule has 1 aromatic rings. The van der Waals surface area contributed by atoms with E-state index in [1.54, 1.807) is 6.08 Å². The molecular weight excluding hydrogens is 200 g/mol. The van der Waals surface area contributed by atoms with Gasteiger partial charge in [-0.15, -0.1) is 0 Å². The molecule has 0 unspecified atom stereocenters. The summed E-state index contributed by atoms with van der Waals surface area (Å²) >= 11 is 0. The summed E-state index contributed by atoms with van der Waals surface area (Å²) in [5, 5.41) is 0. The van der Waals surface area contributed by atoms with Gasteiger partial charge >= 0.3 is 5.97 Å². The summed E-state index contributed by atoms with van der Waals surface area (Å²) in [7, 11) is 0. The molecule has 0 aromatic heterocycles. The molecule has 0 N–H and O–H groups in total. The fourth-order valence-electron chi connectivity index (χ4n) is 1.35. The molecule has 2 nitrogen and oxygen atoms in total. The van der Waals surface area contributed by atoms with E-state index in [2.05, 4.69) is 0 Å². The number of hydrogen-bond donors (Lipinski definition) is 0. The van der Waals surface area contributed by atoms with Crippen molar-refractivity contribution in [2.75, 3.05) is 0 Å². The van der Waals surface area contributed by atoms with Gasteiger partial charge in [0.2, 0.25) is 0 Å². The van der Waals surface area contributed by atoms with Gasteiger partial charge < -0.3 is 4.74 Å². The quantitative estimate of drug-likeness (QED) is 0.561. The first-order valence-electron chi connectivity index (χ1n) is 5.39. The standard InChI is InChI=1S/C14H18O2/c1-5-12(11-9-7-6-8-10-11)13(15)16-14(2,3)4/h5-10H,1-4H3/b12-5+. The maximum absolute atomic E-state index is 11.9. The van der Waals surface area contributed by atoms with E-state index in [4.69, 9.17) is 4.74 Å². The molecule has 0 saturated carbocycles. The lowest BCUT2D eigenvalue weighted by Gasteiger charge is -2.20. The minimum atomic E-state index is -0.458. The molecule has 0 bridgehead atoms. The topological polar surface area (TPSA) is 26.3 Å². The summed E-state index contributed by atoms with van der Waals surface area (Å²) in [6, 6.07) is 9.54. The van der Waals surface area contributed by atoms with Crippen molar-refractivity contribution in [1.82, 2.24) is 0 Å². The average Bonchev–Trinajstić information content (AvgIpc) is 2.17. The van der Waals surface area contributed by atoms with Crippen molar-refractivity contribution >= 4 is 11.5 Å². The molecule has 0 heterocycles. The van der Waals surface area contributed by atoms with Crippen LogP contribution in [0.25, 0.3) is 5.57 Å². The van der Waals surface area contributed by atoms with Crippen LogP contribution in [0.4, 0.5) is 0 Å². The Balaban J connectivity index is 2.90. The third-order valence-electron chi connectivity index (χ3n) is 1.99. The smallest absolute Gasteiger partial charge is 0.338 e. The maximum Gasteiger partial charge on any atom is 0.338 e. The molecule has 16 heavy (non-hydrogen) atoms. The van der Waals surface area contributed by atoms with Crippen molar-refractivity contribution in [3.63, 3.8) is 0 Å². The van der Waals surface area contributed by atoms with E-state index >= 15 is 0 Å². The Kier molecular flexibility index (Phi) is 3.88. The summed E-state index contributed by atoms with van der Waals surface area (Å²) in [4.78, 5) is 11.9. The number of rotatable bonds is 2. The van der Waals surface area contributed by atoms with E-state index in [0.29, 0.717) is 5.57 Å². The molecule has 86 valence electrons. The zero-order valence-electron chi connectivity index (χ0n) is 10.3.